The van der Waals surface area contributed by atoms with Gasteiger partial charge in [-0.15, -0.1) is 10.2 Å². The van der Waals surface area contributed by atoms with Gasteiger partial charge in [0.1, 0.15) is 0 Å². The van der Waals surface area contributed by atoms with Crippen LogP contribution in [0.4, 0.5) is 5.13 Å². The molecule has 1 aromatic rings. The standard InChI is InChI=1S/C7H6ClN3O3S/c8-6-9-10-7(15-6)11-2-3(5(13)14)1-4(11)12/h3H,1-2H2,(H,13,14). The normalized spacial score (nSPS) is 21.0. The smallest absolute Gasteiger partial charge is 0.308 e. The van der Waals surface area contributed by atoms with Crippen molar-refractivity contribution in [2.45, 2.75) is 6.42 Å². The summed E-state index contributed by atoms with van der Waals surface area (Å²) in [6.07, 6.45) is 0.00648. The van der Waals surface area contributed by atoms with Gasteiger partial charge in [0.25, 0.3) is 0 Å². The fourth-order valence-electron chi connectivity index (χ4n) is 1.37. The molecule has 1 aliphatic heterocycles. The van der Waals surface area contributed by atoms with Gasteiger partial charge in [0.05, 0.1) is 5.92 Å². The summed E-state index contributed by atoms with van der Waals surface area (Å²) < 4.78 is 0.233. The number of carbonyl (C=O) groups excluding carboxylic acids is 1. The lowest BCUT2D eigenvalue weighted by atomic mass is 10.1. The van der Waals surface area contributed by atoms with Crippen molar-refractivity contribution >= 4 is 39.9 Å². The lowest BCUT2D eigenvalue weighted by Gasteiger charge is -2.09. The Bertz CT molecular complexity index is 421. The molecule has 2 heterocycles. The third kappa shape index (κ3) is 1.93. The van der Waals surface area contributed by atoms with E-state index in [1.54, 1.807) is 0 Å². The van der Waals surface area contributed by atoms with Gasteiger partial charge in [-0.3, -0.25) is 14.5 Å². The maximum atomic E-state index is 11.5. The van der Waals surface area contributed by atoms with E-state index in [4.69, 9.17) is 16.7 Å². The lowest BCUT2D eigenvalue weighted by Crippen LogP contribution is -2.25. The van der Waals surface area contributed by atoms with Gasteiger partial charge < -0.3 is 5.11 Å². The van der Waals surface area contributed by atoms with Gasteiger partial charge in [-0.05, 0) is 11.6 Å². The van der Waals surface area contributed by atoms with Crippen molar-refractivity contribution in [2.24, 2.45) is 5.92 Å². The van der Waals surface area contributed by atoms with Gasteiger partial charge in [0.2, 0.25) is 15.5 Å². The Morgan fingerprint density at radius 3 is 2.80 bits per heavy atom. The van der Waals surface area contributed by atoms with Crippen molar-refractivity contribution in [3.63, 3.8) is 0 Å². The quantitative estimate of drug-likeness (QED) is 0.829. The van der Waals surface area contributed by atoms with Crippen LogP contribution in [0.5, 0.6) is 0 Å². The molecule has 0 aliphatic carbocycles. The predicted octanol–water partition coefficient (Wildman–Crippen LogP) is 0.629. The number of anilines is 1. The van der Waals surface area contributed by atoms with Crippen molar-refractivity contribution < 1.29 is 14.7 Å². The van der Waals surface area contributed by atoms with Gasteiger partial charge in [-0.1, -0.05) is 11.3 Å². The average Bonchev–Trinajstić information content (AvgIpc) is 2.71. The number of aromatic nitrogens is 2. The molecule has 0 bridgehead atoms. The van der Waals surface area contributed by atoms with Crippen LogP contribution in [0.15, 0.2) is 0 Å². The van der Waals surface area contributed by atoms with E-state index in [0.29, 0.717) is 5.13 Å². The molecule has 2 rings (SSSR count). The second-order valence-electron chi connectivity index (χ2n) is 3.08. The minimum atomic E-state index is -0.971. The van der Waals surface area contributed by atoms with E-state index in [-0.39, 0.29) is 23.3 Å². The van der Waals surface area contributed by atoms with Crippen molar-refractivity contribution in [1.29, 1.82) is 0 Å². The van der Waals surface area contributed by atoms with Crippen LogP contribution in [-0.2, 0) is 9.59 Å². The van der Waals surface area contributed by atoms with Gasteiger partial charge in [0.15, 0.2) is 0 Å². The Morgan fingerprint density at radius 1 is 1.60 bits per heavy atom. The molecule has 6 nitrogen and oxygen atoms in total. The van der Waals surface area contributed by atoms with E-state index in [9.17, 15) is 9.59 Å². The molecule has 1 atom stereocenters. The molecule has 1 fully saturated rings. The Labute approximate surface area is 93.5 Å². The monoisotopic (exact) mass is 247 g/mol. The number of nitrogens with zero attached hydrogens (tertiary/aromatic N) is 3. The fraction of sp³-hybridized carbons (Fsp3) is 0.429. The number of carboxylic acids is 1. The molecule has 0 aromatic carbocycles. The zero-order valence-electron chi connectivity index (χ0n) is 7.38. The van der Waals surface area contributed by atoms with Crippen molar-refractivity contribution in [3.05, 3.63) is 4.47 Å². The van der Waals surface area contributed by atoms with Crippen LogP contribution in [0.25, 0.3) is 0 Å². The molecular weight excluding hydrogens is 242 g/mol. The number of rotatable bonds is 2. The molecule has 1 unspecified atom stereocenters. The summed E-state index contributed by atoms with van der Waals surface area (Å²) >= 11 is 6.63. The second kappa shape index (κ2) is 3.74. The first-order valence-corrected chi connectivity index (χ1v) is 5.29. The Hall–Kier alpha value is -1.21. The maximum absolute atomic E-state index is 11.5. The molecule has 1 saturated heterocycles. The fourth-order valence-corrected chi connectivity index (χ4v) is 2.21. The number of hydrogen-bond donors (Lipinski definition) is 1. The zero-order valence-corrected chi connectivity index (χ0v) is 8.96. The summed E-state index contributed by atoms with van der Waals surface area (Å²) in [6.45, 7) is 0.139. The van der Waals surface area contributed by atoms with E-state index >= 15 is 0 Å². The molecule has 80 valence electrons. The van der Waals surface area contributed by atoms with Crippen LogP contribution >= 0.6 is 22.9 Å². The first-order chi connectivity index (χ1) is 7.08. The van der Waals surface area contributed by atoms with Gasteiger partial charge in [0, 0.05) is 13.0 Å². The van der Waals surface area contributed by atoms with Crippen LogP contribution in [-0.4, -0.2) is 33.7 Å². The van der Waals surface area contributed by atoms with E-state index in [1.165, 1.54) is 4.90 Å². The van der Waals surface area contributed by atoms with E-state index in [0.717, 1.165) is 11.3 Å². The molecule has 0 radical (unpaired) electrons. The number of carboxylic acid groups (broad SMARTS) is 1. The highest BCUT2D eigenvalue weighted by Crippen LogP contribution is 2.29. The largest absolute Gasteiger partial charge is 0.481 e. The average molecular weight is 248 g/mol. The van der Waals surface area contributed by atoms with Crippen LogP contribution in [0, 0.1) is 5.92 Å². The molecule has 1 aromatic heterocycles. The molecule has 1 amide bonds. The topological polar surface area (TPSA) is 83.4 Å². The predicted molar refractivity (Wildman–Crippen MR) is 53.0 cm³/mol. The molecule has 1 aliphatic rings. The SMILES string of the molecule is O=C(O)C1CC(=O)N(c2nnc(Cl)s2)C1. The highest BCUT2D eigenvalue weighted by Gasteiger charge is 2.36. The van der Waals surface area contributed by atoms with Gasteiger partial charge in [-0.2, -0.15) is 0 Å². The van der Waals surface area contributed by atoms with Crippen LogP contribution < -0.4 is 4.90 Å². The third-order valence-electron chi connectivity index (χ3n) is 2.09. The molecule has 1 N–H and O–H groups in total. The number of amides is 1. The number of halogens is 1. The van der Waals surface area contributed by atoms with Gasteiger partial charge >= 0.3 is 5.97 Å². The zero-order chi connectivity index (χ0) is 11.0. The molecule has 8 heteroatoms. The van der Waals surface area contributed by atoms with E-state index in [2.05, 4.69) is 10.2 Å². The van der Waals surface area contributed by atoms with E-state index < -0.39 is 11.9 Å². The molecular formula is C7H6ClN3O3S. The summed E-state index contributed by atoms with van der Waals surface area (Å²) in [5, 5.41) is 16.4. The Balaban J connectivity index is 2.18. The summed E-state index contributed by atoms with van der Waals surface area (Å²) in [5.41, 5.74) is 0. The minimum absolute atomic E-state index is 0.00648. The third-order valence-corrected chi connectivity index (χ3v) is 3.14. The van der Waals surface area contributed by atoms with Gasteiger partial charge in [-0.25, -0.2) is 0 Å². The molecule has 0 saturated carbocycles. The van der Waals surface area contributed by atoms with Crippen molar-refractivity contribution in [3.8, 4) is 0 Å². The van der Waals surface area contributed by atoms with Crippen LogP contribution in [0.1, 0.15) is 6.42 Å². The second-order valence-corrected chi connectivity index (χ2v) is 4.62. The minimum Gasteiger partial charge on any atom is -0.481 e. The maximum Gasteiger partial charge on any atom is 0.308 e. The first kappa shape index (κ1) is 10.3. The number of hydrogen-bond acceptors (Lipinski definition) is 5. The Morgan fingerprint density at radius 2 is 2.33 bits per heavy atom. The van der Waals surface area contributed by atoms with E-state index in [1.807, 2.05) is 0 Å². The van der Waals surface area contributed by atoms with Crippen molar-refractivity contribution in [2.75, 3.05) is 11.4 Å². The number of aliphatic carboxylic acids is 1. The first-order valence-electron chi connectivity index (χ1n) is 4.10. The summed E-state index contributed by atoms with van der Waals surface area (Å²) in [5.74, 6) is -1.89. The lowest BCUT2D eigenvalue weighted by molar-refractivity contribution is -0.141. The summed E-state index contributed by atoms with van der Waals surface area (Å²) in [7, 11) is 0. The molecule has 0 spiro atoms. The summed E-state index contributed by atoms with van der Waals surface area (Å²) in [4.78, 5) is 23.5. The van der Waals surface area contributed by atoms with Crippen LogP contribution in [0.2, 0.25) is 4.47 Å². The summed E-state index contributed by atoms with van der Waals surface area (Å²) in [6, 6.07) is 0. The highest BCUT2D eigenvalue weighted by molar-refractivity contribution is 7.19. The Kier molecular flexibility index (Phi) is 2.57. The van der Waals surface area contributed by atoms with Crippen molar-refractivity contribution in [1.82, 2.24) is 10.2 Å². The highest BCUT2D eigenvalue weighted by atomic mass is 35.5. The van der Waals surface area contributed by atoms with Crippen LogP contribution in [0.3, 0.4) is 0 Å². The molecule has 15 heavy (non-hydrogen) atoms. The number of carbonyl (C=O) groups is 2.